The van der Waals surface area contributed by atoms with Crippen molar-refractivity contribution in [1.29, 1.82) is 0 Å². The largest absolute Gasteiger partial charge is 0.329 e. The molecule has 0 amide bonds. The summed E-state index contributed by atoms with van der Waals surface area (Å²) in [5, 5.41) is 0. The van der Waals surface area contributed by atoms with E-state index in [1.165, 1.54) is 18.9 Å². The van der Waals surface area contributed by atoms with Gasteiger partial charge in [0.2, 0.25) is 0 Å². The molecular weight excluding hydrogens is 191 g/mol. The molecule has 2 nitrogen and oxygen atoms in total. The topological polar surface area (TPSA) is 29.3 Å². The van der Waals surface area contributed by atoms with Crippen molar-refractivity contribution in [3.05, 3.63) is 35.6 Å². The van der Waals surface area contributed by atoms with Gasteiger partial charge in [0.1, 0.15) is 5.82 Å². The van der Waals surface area contributed by atoms with Gasteiger partial charge in [-0.05, 0) is 18.9 Å². The number of nitrogens with zero attached hydrogens (tertiary/aromatic N) is 1. The van der Waals surface area contributed by atoms with Crippen LogP contribution in [0, 0.1) is 5.82 Å². The van der Waals surface area contributed by atoms with Crippen molar-refractivity contribution in [3.8, 4) is 0 Å². The molecule has 82 valence electrons. The third-order valence-corrected chi connectivity index (χ3v) is 2.81. The molecule has 2 N–H and O–H groups in total. The Morgan fingerprint density at radius 1 is 1.33 bits per heavy atom. The molecule has 1 aromatic rings. The fraction of sp³-hybridized carbons (Fsp3) is 0.500. The maximum atomic E-state index is 13.4. The second-order valence-corrected chi connectivity index (χ2v) is 4.08. The normalized spacial score (nSPS) is 15.9. The van der Waals surface area contributed by atoms with Crippen LogP contribution in [0.4, 0.5) is 4.39 Å². The number of halogens is 1. The number of hydrogen-bond donors (Lipinski definition) is 1. The highest BCUT2D eigenvalue weighted by Crippen LogP contribution is 2.28. The Hall–Kier alpha value is -0.930. The van der Waals surface area contributed by atoms with Crippen molar-refractivity contribution in [2.24, 2.45) is 5.73 Å². The third kappa shape index (κ3) is 2.76. The molecule has 0 heterocycles. The summed E-state index contributed by atoms with van der Waals surface area (Å²) in [5.74, 6) is -0.111. The van der Waals surface area contributed by atoms with Crippen LogP contribution in [-0.4, -0.2) is 24.0 Å². The predicted molar refractivity (Wildman–Crippen MR) is 58.9 cm³/mol. The summed E-state index contributed by atoms with van der Waals surface area (Å²) in [4.78, 5) is 2.28. The molecule has 2 rings (SSSR count). The maximum absolute atomic E-state index is 13.4. The molecule has 1 saturated carbocycles. The number of hydrogen-bond acceptors (Lipinski definition) is 2. The summed E-state index contributed by atoms with van der Waals surface area (Å²) in [6.45, 7) is 2.19. The van der Waals surface area contributed by atoms with Gasteiger partial charge in [0.25, 0.3) is 0 Å². The summed E-state index contributed by atoms with van der Waals surface area (Å²) < 4.78 is 13.4. The lowest BCUT2D eigenvalue weighted by molar-refractivity contribution is 0.258. The first-order valence-electron chi connectivity index (χ1n) is 5.49. The smallest absolute Gasteiger partial charge is 0.127 e. The third-order valence-electron chi connectivity index (χ3n) is 2.81. The minimum absolute atomic E-state index is 0.111. The molecule has 1 aliphatic carbocycles. The first-order valence-corrected chi connectivity index (χ1v) is 5.49. The Kier molecular flexibility index (Phi) is 3.34. The zero-order valence-corrected chi connectivity index (χ0v) is 8.82. The molecule has 15 heavy (non-hydrogen) atoms. The summed E-state index contributed by atoms with van der Waals surface area (Å²) >= 11 is 0. The zero-order chi connectivity index (χ0) is 10.7. The lowest BCUT2D eigenvalue weighted by Gasteiger charge is -2.21. The van der Waals surface area contributed by atoms with Crippen LogP contribution in [0.15, 0.2) is 24.3 Å². The van der Waals surface area contributed by atoms with Crippen molar-refractivity contribution in [1.82, 2.24) is 4.90 Å². The average molecular weight is 208 g/mol. The van der Waals surface area contributed by atoms with E-state index < -0.39 is 0 Å². The van der Waals surface area contributed by atoms with Gasteiger partial charge >= 0.3 is 0 Å². The van der Waals surface area contributed by atoms with Crippen LogP contribution in [-0.2, 0) is 6.54 Å². The molecule has 0 aliphatic heterocycles. The average Bonchev–Trinajstić information content (AvgIpc) is 3.04. The van der Waals surface area contributed by atoms with Crippen molar-refractivity contribution in [2.75, 3.05) is 13.1 Å². The van der Waals surface area contributed by atoms with Gasteiger partial charge in [-0.1, -0.05) is 18.2 Å². The lowest BCUT2D eigenvalue weighted by Crippen LogP contribution is -2.31. The van der Waals surface area contributed by atoms with Crippen molar-refractivity contribution in [2.45, 2.75) is 25.4 Å². The van der Waals surface area contributed by atoms with E-state index in [1.54, 1.807) is 6.07 Å². The monoisotopic (exact) mass is 208 g/mol. The Labute approximate surface area is 89.9 Å². The Morgan fingerprint density at radius 3 is 2.67 bits per heavy atom. The maximum Gasteiger partial charge on any atom is 0.127 e. The van der Waals surface area contributed by atoms with Gasteiger partial charge in [0, 0.05) is 31.2 Å². The second-order valence-electron chi connectivity index (χ2n) is 4.08. The minimum atomic E-state index is -0.111. The highest BCUT2D eigenvalue weighted by Gasteiger charge is 2.28. The molecule has 0 unspecified atom stereocenters. The van der Waals surface area contributed by atoms with Gasteiger partial charge in [-0.3, -0.25) is 4.90 Å². The molecular formula is C12H17FN2. The SMILES string of the molecule is NCCN(Cc1ccccc1F)C1CC1. The highest BCUT2D eigenvalue weighted by atomic mass is 19.1. The first-order chi connectivity index (χ1) is 7.31. The second kappa shape index (κ2) is 4.73. The van der Waals surface area contributed by atoms with E-state index in [1.807, 2.05) is 12.1 Å². The molecule has 1 fully saturated rings. The fourth-order valence-electron chi connectivity index (χ4n) is 1.84. The Balaban J connectivity index is 2.02. The highest BCUT2D eigenvalue weighted by molar-refractivity contribution is 5.17. The summed E-state index contributed by atoms with van der Waals surface area (Å²) in [6.07, 6.45) is 2.46. The van der Waals surface area contributed by atoms with Crippen molar-refractivity contribution in [3.63, 3.8) is 0 Å². The molecule has 0 spiro atoms. The van der Waals surface area contributed by atoms with Crippen LogP contribution in [0.5, 0.6) is 0 Å². The van der Waals surface area contributed by atoms with Crippen LogP contribution in [0.25, 0.3) is 0 Å². The van der Waals surface area contributed by atoms with Gasteiger partial charge in [-0.2, -0.15) is 0 Å². The summed E-state index contributed by atoms with van der Waals surface area (Å²) in [5.41, 5.74) is 6.33. The molecule has 0 aromatic heterocycles. The quantitative estimate of drug-likeness (QED) is 0.798. The van der Waals surface area contributed by atoms with E-state index >= 15 is 0 Å². The molecule has 0 saturated heterocycles. The van der Waals surface area contributed by atoms with Gasteiger partial charge in [-0.25, -0.2) is 4.39 Å². The van der Waals surface area contributed by atoms with E-state index in [4.69, 9.17) is 5.73 Å². The molecule has 3 heteroatoms. The molecule has 1 aromatic carbocycles. The Morgan fingerprint density at radius 2 is 2.07 bits per heavy atom. The van der Waals surface area contributed by atoms with Crippen LogP contribution < -0.4 is 5.73 Å². The van der Waals surface area contributed by atoms with Crippen LogP contribution in [0.2, 0.25) is 0 Å². The van der Waals surface area contributed by atoms with Gasteiger partial charge in [-0.15, -0.1) is 0 Å². The summed E-state index contributed by atoms with van der Waals surface area (Å²) in [6, 6.07) is 7.60. The van der Waals surface area contributed by atoms with Crippen LogP contribution in [0.1, 0.15) is 18.4 Å². The van der Waals surface area contributed by atoms with E-state index in [2.05, 4.69) is 4.90 Å². The van der Waals surface area contributed by atoms with Crippen LogP contribution in [0.3, 0.4) is 0 Å². The molecule has 0 radical (unpaired) electrons. The first kappa shape index (κ1) is 10.6. The van der Waals surface area contributed by atoms with Gasteiger partial charge < -0.3 is 5.73 Å². The van der Waals surface area contributed by atoms with Crippen molar-refractivity contribution < 1.29 is 4.39 Å². The number of rotatable bonds is 5. The molecule has 0 atom stereocenters. The van der Waals surface area contributed by atoms with Gasteiger partial charge in [0.15, 0.2) is 0 Å². The number of nitrogens with two attached hydrogens (primary N) is 1. The predicted octanol–water partition coefficient (Wildman–Crippen LogP) is 1.75. The fourth-order valence-corrected chi connectivity index (χ4v) is 1.84. The zero-order valence-electron chi connectivity index (χ0n) is 8.82. The number of benzene rings is 1. The summed E-state index contributed by atoms with van der Waals surface area (Å²) in [7, 11) is 0. The van der Waals surface area contributed by atoms with E-state index in [0.29, 0.717) is 19.1 Å². The van der Waals surface area contributed by atoms with E-state index in [0.717, 1.165) is 12.1 Å². The molecule has 1 aliphatic rings. The molecule has 0 bridgehead atoms. The Bertz CT molecular complexity index is 323. The van der Waals surface area contributed by atoms with Crippen LogP contribution >= 0.6 is 0 Å². The lowest BCUT2D eigenvalue weighted by atomic mass is 10.2. The minimum Gasteiger partial charge on any atom is -0.329 e. The van der Waals surface area contributed by atoms with E-state index in [-0.39, 0.29) is 5.82 Å². The van der Waals surface area contributed by atoms with Crippen molar-refractivity contribution >= 4 is 0 Å². The van der Waals surface area contributed by atoms with E-state index in [9.17, 15) is 4.39 Å². The van der Waals surface area contributed by atoms with Gasteiger partial charge in [0.05, 0.1) is 0 Å². The standard InChI is InChI=1S/C12H17FN2/c13-12-4-2-1-3-10(12)9-15(8-7-14)11-5-6-11/h1-4,11H,5-9,14H2.